The van der Waals surface area contributed by atoms with Gasteiger partial charge in [-0.2, -0.15) is 0 Å². The van der Waals surface area contributed by atoms with Gasteiger partial charge < -0.3 is 15.0 Å². The van der Waals surface area contributed by atoms with E-state index in [1.54, 1.807) is 6.20 Å². The van der Waals surface area contributed by atoms with E-state index in [1.165, 1.54) is 25.8 Å². The van der Waals surface area contributed by atoms with E-state index in [0.29, 0.717) is 17.8 Å². The van der Waals surface area contributed by atoms with Gasteiger partial charge in [0, 0.05) is 32.4 Å². The monoisotopic (exact) mass is 384 g/mol. The van der Waals surface area contributed by atoms with Gasteiger partial charge in [0.05, 0.1) is 24.3 Å². The van der Waals surface area contributed by atoms with Crippen molar-refractivity contribution in [3.8, 4) is 12.3 Å². The molecule has 152 valence electrons. The Labute approximate surface area is 168 Å². The Bertz CT molecular complexity index is 667. The fraction of sp³-hybridized carbons (Fsp3) is 0.636. The first-order valence-corrected chi connectivity index (χ1v) is 10.4. The SMILES string of the molecule is C#CCNC(=O)c1ccc(N2CCC(CCN3CC(C)OC(C)C3)CC2)nc1. The van der Waals surface area contributed by atoms with E-state index in [1.807, 2.05) is 12.1 Å². The van der Waals surface area contributed by atoms with Crippen molar-refractivity contribution in [2.75, 3.05) is 44.2 Å². The van der Waals surface area contributed by atoms with Crippen molar-refractivity contribution in [2.45, 2.75) is 45.3 Å². The molecule has 0 saturated carbocycles. The van der Waals surface area contributed by atoms with Gasteiger partial charge in [0.1, 0.15) is 5.82 Å². The number of ether oxygens (including phenoxy) is 1. The predicted molar refractivity (Wildman–Crippen MR) is 111 cm³/mol. The number of hydrogen-bond acceptors (Lipinski definition) is 5. The van der Waals surface area contributed by atoms with Crippen LogP contribution in [0.5, 0.6) is 0 Å². The quantitative estimate of drug-likeness (QED) is 0.762. The molecule has 1 aromatic heterocycles. The number of piperidine rings is 1. The third kappa shape index (κ3) is 5.70. The molecule has 6 nitrogen and oxygen atoms in total. The van der Waals surface area contributed by atoms with Gasteiger partial charge in [0.25, 0.3) is 5.91 Å². The van der Waals surface area contributed by atoms with Crippen LogP contribution in [0.1, 0.15) is 43.5 Å². The standard InChI is InChI=1S/C22H32N4O2/c1-4-10-23-22(27)20-5-6-21(24-14-20)26-12-8-19(9-13-26)7-11-25-15-17(2)28-18(3)16-25/h1,5-6,14,17-19H,7-13,15-16H2,2-3H3,(H,23,27). The molecule has 2 aliphatic heterocycles. The topological polar surface area (TPSA) is 57.7 Å². The highest BCUT2D eigenvalue weighted by molar-refractivity contribution is 5.94. The highest BCUT2D eigenvalue weighted by Crippen LogP contribution is 2.25. The minimum absolute atomic E-state index is 0.178. The van der Waals surface area contributed by atoms with Crippen LogP contribution in [0.15, 0.2) is 18.3 Å². The Morgan fingerprint density at radius 2 is 2.00 bits per heavy atom. The number of aromatic nitrogens is 1. The Kier molecular flexibility index (Phi) is 7.30. The lowest BCUT2D eigenvalue weighted by atomic mass is 9.93. The summed E-state index contributed by atoms with van der Waals surface area (Å²) < 4.78 is 5.82. The lowest BCUT2D eigenvalue weighted by Crippen LogP contribution is -2.46. The number of carbonyl (C=O) groups is 1. The van der Waals surface area contributed by atoms with Crippen LogP contribution < -0.4 is 10.2 Å². The zero-order valence-electron chi connectivity index (χ0n) is 17.1. The summed E-state index contributed by atoms with van der Waals surface area (Å²) in [5.41, 5.74) is 0.544. The number of nitrogens with zero attached hydrogens (tertiary/aromatic N) is 3. The molecule has 2 saturated heterocycles. The van der Waals surface area contributed by atoms with Gasteiger partial charge in [-0.25, -0.2) is 4.98 Å². The summed E-state index contributed by atoms with van der Waals surface area (Å²) in [6.07, 6.45) is 11.1. The molecule has 28 heavy (non-hydrogen) atoms. The first kappa shape index (κ1) is 20.6. The largest absolute Gasteiger partial charge is 0.373 e. The number of rotatable bonds is 6. The molecule has 2 fully saturated rings. The molecule has 2 aliphatic rings. The number of terminal acetylenes is 1. The van der Waals surface area contributed by atoms with Crippen molar-refractivity contribution in [2.24, 2.45) is 5.92 Å². The maximum absolute atomic E-state index is 11.9. The van der Waals surface area contributed by atoms with Crippen LogP contribution >= 0.6 is 0 Å². The highest BCUT2D eigenvalue weighted by Gasteiger charge is 2.24. The van der Waals surface area contributed by atoms with E-state index < -0.39 is 0 Å². The van der Waals surface area contributed by atoms with E-state index in [2.05, 4.69) is 39.9 Å². The zero-order chi connectivity index (χ0) is 19.9. The minimum Gasteiger partial charge on any atom is -0.373 e. The second kappa shape index (κ2) is 9.90. The van der Waals surface area contributed by atoms with Crippen molar-refractivity contribution >= 4 is 11.7 Å². The van der Waals surface area contributed by atoms with E-state index in [0.717, 1.165) is 37.9 Å². The number of amides is 1. The second-order valence-electron chi connectivity index (χ2n) is 8.03. The fourth-order valence-electron chi connectivity index (χ4n) is 4.22. The van der Waals surface area contributed by atoms with Crippen molar-refractivity contribution in [3.63, 3.8) is 0 Å². The molecular weight excluding hydrogens is 352 g/mol. The van der Waals surface area contributed by atoms with Crippen LogP contribution in [0.2, 0.25) is 0 Å². The summed E-state index contributed by atoms with van der Waals surface area (Å²) in [5.74, 6) is 3.95. The fourth-order valence-corrected chi connectivity index (χ4v) is 4.22. The lowest BCUT2D eigenvalue weighted by Gasteiger charge is -2.37. The van der Waals surface area contributed by atoms with E-state index in [9.17, 15) is 4.79 Å². The number of morpholine rings is 1. The molecule has 1 aromatic rings. The molecule has 1 N–H and O–H groups in total. The molecule has 0 spiro atoms. The summed E-state index contributed by atoms with van der Waals surface area (Å²) in [4.78, 5) is 21.3. The van der Waals surface area contributed by atoms with Crippen LogP contribution in [0.4, 0.5) is 5.82 Å². The number of hydrogen-bond donors (Lipinski definition) is 1. The molecule has 2 atom stereocenters. The van der Waals surface area contributed by atoms with E-state index in [-0.39, 0.29) is 12.5 Å². The van der Waals surface area contributed by atoms with Crippen LogP contribution in [0, 0.1) is 18.3 Å². The number of carbonyl (C=O) groups excluding carboxylic acids is 1. The molecule has 3 rings (SSSR count). The molecule has 3 heterocycles. The smallest absolute Gasteiger partial charge is 0.253 e. The Balaban J connectivity index is 1.42. The molecule has 0 aliphatic carbocycles. The predicted octanol–water partition coefficient (Wildman–Crippen LogP) is 2.16. The molecule has 2 unspecified atom stereocenters. The molecule has 0 radical (unpaired) electrons. The second-order valence-corrected chi connectivity index (χ2v) is 8.03. The minimum atomic E-state index is -0.178. The number of nitrogens with one attached hydrogen (secondary N) is 1. The van der Waals surface area contributed by atoms with Crippen molar-refractivity contribution in [3.05, 3.63) is 23.9 Å². The Morgan fingerprint density at radius 1 is 1.29 bits per heavy atom. The summed E-state index contributed by atoms with van der Waals surface area (Å²) in [7, 11) is 0. The van der Waals surface area contributed by atoms with Crippen LogP contribution in [0.3, 0.4) is 0 Å². The maximum Gasteiger partial charge on any atom is 0.253 e. The zero-order valence-corrected chi connectivity index (χ0v) is 17.1. The first-order valence-electron chi connectivity index (χ1n) is 10.4. The average molecular weight is 385 g/mol. The van der Waals surface area contributed by atoms with Gasteiger partial charge in [-0.15, -0.1) is 6.42 Å². The summed E-state index contributed by atoms with van der Waals surface area (Å²) >= 11 is 0. The molecular formula is C22H32N4O2. The van der Waals surface area contributed by atoms with Crippen LogP contribution in [0.25, 0.3) is 0 Å². The summed E-state index contributed by atoms with van der Waals surface area (Å²) in [6, 6.07) is 3.75. The van der Waals surface area contributed by atoms with Crippen LogP contribution in [-0.4, -0.2) is 67.3 Å². The van der Waals surface area contributed by atoms with Crippen molar-refractivity contribution < 1.29 is 9.53 Å². The van der Waals surface area contributed by atoms with Gasteiger partial charge >= 0.3 is 0 Å². The molecule has 1 amide bonds. The number of anilines is 1. The van der Waals surface area contributed by atoms with Gasteiger partial charge in [-0.05, 0) is 57.7 Å². The van der Waals surface area contributed by atoms with Gasteiger partial charge in [-0.3, -0.25) is 9.69 Å². The molecule has 0 aromatic carbocycles. The van der Waals surface area contributed by atoms with E-state index >= 15 is 0 Å². The summed E-state index contributed by atoms with van der Waals surface area (Å²) in [5, 5.41) is 2.66. The van der Waals surface area contributed by atoms with Gasteiger partial charge in [-0.1, -0.05) is 5.92 Å². The first-order chi connectivity index (χ1) is 13.5. The molecule has 6 heteroatoms. The third-order valence-corrected chi connectivity index (χ3v) is 5.65. The molecule has 0 bridgehead atoms. The van der Waals surface area contributed by atoms with E-state index in [4.69, 9.17) is 11.2 Å². The third-order valence-electron chi connectivity index (χ3n) is 5.65. The van der Waals surface area contributed by atoms with Crippen molar-refractivity contribution in [1.29, 1.82) is 0 Å². The highest BCUT2D eigenvalue weighted by atomic mass is 16.5. The Hall–Kier alpha value is -2.10. The lowest BCUT2D eigenvalue weighted by molar-refractivity contribution is -0.0690. The van der Waals surface area contributed by atoms with Gasteiger partial charge in [0.2, 0.25) is 0 Å². The number of pyridine rings is 1. The maximum atomic E-state index is 11.9. The summed E-state index contributed by atoms with van der Waals surface area (Å²) in [6.45, 7) is 9.88. The average Bonchev–Trinajstić information content (AvgIpc) is 2.70. The van der Waals surface area contributed by atoms with Crippen molar-refractivity contribution in [1.82, 2.24) is 15.2 Å². The normalized spacial score (nSPS) is 24.0. The Morgan fingerprint density at radius 3 is 2.61 bits per heavy atom. The van der Waals surface area contributed by atoms with Gasteiger partial charge in [0.15, 0.2) is 0 Å². The van der Waals surface area contributed by atoms with Crippen LogP contribution in [-0.2, 0) is 4.74 Å².